The Labute approximate surface area is 185 Å². The summed E-state index contributed by atoms with van der Waals surface area (Å²) in [4.78, 5) is 16.3. The van der Waals surface area contributed by atoms with Crippen LogP contribution in [0.3, 0.4) is 0 Å². The number of methoxy groups -OCH3 is 1. The Morgan fingerprint density at radius 3 is 2.39 bits per heavy atom. The standard InChI is InChI=1S/C24H34N6O/c1-25-24(27-19-20-10-11-26-23(18-20)29-12-4-3-5-13-29)30-16-14-28(15-17-30)21-6-8-22(31-2)9-7-21/h6-11,18H,3-5,12-17,19H2,1-2H3,(H,25,27). The van der Waals surface area contributed by atoms with E-state index < -0.39 is 0 Å². The van der Waals surface area contributed by atoms with Gasteiger partial charge in [0.05, 0.1) is 7.11 Å². The summed E-state index contributed by atoms with van der Waals surface area (Å²) in [6.45, 7) is 6.83. The van der Waals surface area contributed by atoms with Gasteiger partial charge in [0, 0.05) is 64.7 Å². The predicted octanol–water partition coefficient (Wildman–Crippen LogP) is 2.98. The topological polar surface area (TPSA) is 56.2 Å². The molecule has 0 atom stereocenters. The van der Waals surface area contributed by atoms with Crippen molar-refractivity contribution in [2.24, 2.45) is 4.99 Å². The van der Waals surface area contributed by atoms with Crippen molar-refractivity contribution in [2.75, 3.05) is 63.2 Å². The second-order valence-electron chi connectivity index (χ2n) is 8.14. The lowest BCUT2D eigenvalue weighted by Gasteiger charge is -2.37. The van der Waals surface area contributed by atoms with E-state index >= 15 is 0 Å². The molecule has 0 aliphatic carbocycles. The molecule has 2 aromatic rings. The molecule has 1 aromatic heterocycles. The van der Waals surface area contributed by atoms with Gasteiger partial charge < -0.3 is 24.8 Å². The van der Waals surface area contributed by atoms with Crippen LogP contribution in [0, 0.1) is 0 Å². The van der Waals surface area contributed by atoms with Gasteiger partial charge in [-0.25, -0.2) is 4.98 Å². The average Bonchev–Trinajstić information content (AvgIpc) is 2.85. The third kappa shape index (κ3) is 5.40. The van der Waals surface area contributed by atoms with Gasteiger partial charge in [-0.05, 0) is 61.2 Å². The van der Waals surface area contributed by atoms with Crippen LogP contribution in [0.15, 0.2) is 47.6 Å². The van der Waals surface area contributed by atoms with Gasteiger partial charge in [0.1, 0.15) is 11.6 Å². The van der Waals surface area contributed by atoms with Gasteiger partial charge in [0.2, 0.25) is 0 Å². The second-order valence-corrected chi connectivity index (χ2v) is 8.14. The first-order chi connectivity index (χ1) is 15.3. The fourth-order valence-electron chi connectivity index (χ4n) is 4.35. The van der Waals surface area contributed by atoms with E-state index in [4.69, 9.17) is 4.74 Å². The monoisotopic (exact) mass is 422 g/mol. The van der Waals surface area contributed by atoms with Crippen LogP contribution in [0.2, 0.25) is 0 Å². The van der Waals surface area contributed by atoms with Crippen molar-refractivity contribution in [3.63, 3.8) is 0 Å². The van der Waals surface area contributed by atoms with Crippen LogP contribution >= 0.6 is 0 Å². The van der Waals surface area contributed by atoms with Crippen molar-refractivity contribution in [3.05, 3.63) is 48.2 Å². The van der Waals surface area contributed by atoms with E-state index in [1.165, 1.54) is 30.5 Å². The number of nitrogens with one attached hydrogen (secondary N) is 1. The number of aliphatic imine (C=N–C) groups is 1. The molecule has 1 aromatic carbocycles. The first-order valence-electron chi connectivity index (χ1n) is 11.3. The molecule has 2 aliphatic rings. The van der Waals surface area contributed by atoms with Crippen LogP contribution in [0.5, 0.6) is 5.75 Å². The molecule has 3 heterocycles. The molecule has 0 spiro atoms. The zero-order valence-electron chi connectivity index (χ0n) is 18.8. The minimum absolute atomic E-state index is 0.759. The van der Waals surface area contributed by atoms with E-state index in [1.807, 2.05) is 25.4 Å². The third-order valence-electron chi connectivity index (χ3n) is 6.17. The Hall–Kier alpha value is -2.96. The highest BCUT2D eigenvalue weighted by Crippen LogP contribution is 2.21. The fraction of sp³-hybridized carbons (Fsp3) is 0.500. The third-order valence-corrected chi connectivity index (χ3v) is 6.17. The Bertz CT molecular complexity index is 855. The van der Waals surface area contributed by atoms with E-state index in [1.54, 1.807) is 7.11 Å². The van der Waals surface area contributed by atoms with Crippen molar-refractivity contribution in [1.29, 1.82) is 0 Å². The molecular formula is C24H34N6O. The van der Waals surface area contributed by atoms with E-state index in [2.05, 4.69) is 54.3 Å². The SMILES string of the molecule is CN=C(NCc1ccnc(N2CCCCC2)c1)N1CCN(c2ccc(OC)cc2)CC1. The van der Waals surface area contributed by atoms with Gasteiger partial charge in [-0.2, -0.15) is 0 Å². The van der Waals surface area contributed by atoms with Crippen molar-refractivity contribution in [3.8, 4) is 5.75 Å². The number of guanidine groups is 1. The van der Waals surface area contributed by atoms with Gasteiger partial charge in [-0.3, -0.25) is 4.99 Å². The zero-order valence-corrected chi connectivity index (χ0v) is 18.8. The minimum atomic E-state index is 0.759. The van der Waals surface area contributed by atoms with Crippen LogP contribution in [0.1, 0.15) is 24.8 Å². The number of hydrogen-bond acceptors (Lipinski definition) is 5. The molecule has 0 amide bonds. The van der Waals surface area contributed by atoms with Crippen molar-refractivity contribution in [2.45, 2.75) is 25.8 Å². The number of piperidine rings is 1. The van der Waals surface area contributed by atoms with Crippen molar-refractivity contribution in [1.82, 2.24) is 15.2 Å². The van der Waals surface area contributed by atoms with Crippen LogP contribution in [0.25, 0.3) is 0 Å². The van der Waals surface area contributed by atoms with E-state index in [0.29, 0.717) is 0 Å². The van der Waals surface area contributed by atoms with E-state index in [9.17, 15) is 0 Å². The second kappa shape index (κ2) is 10.4. The van der Waals surface area contributed by atoms with Crippen molar-refractivity contribution >= 4 is 17.5 Å². The Morgan fingerprint density at radius 1 is 0.968 bits per heavy atom. The van der Waals surface area contributed by atoms with E-state index in [0.717, 1.165) is 63.3 Å². The first-order valence-corrected chi connectivity index (χ1v) is 11.3. The van der Waals surface area contributed by atoms with Gasteiger partial charge >= 0.3 is 0 Å². The highest BCUT2D eigenvalue weighted by Gasteiger charge is 2.20. The normalized spacial score (nSPS) is 17.6. The average molecular weight is 423 g/mol. The molecule has 0 bridgehead atoms. The molecular weight excluding hydrogens is 388 g/mol. The molecule has 4 rings (SSSR count). The summed E-state index contributed by atoms with van der Waals surface area (Å²) >= 11 is 0. The van der Waals surface area contributed by atoms with Crippen LogP contribution in [0.4, 0.5) is 11.5 Å². The number of hydrogen-bond donors (Lipinski definition) is 1. The highest BCUT2D eigenvalue weighted by molar-refractivity contribution is 5.80. The molecule has 31 heavy (non-hydrogen) atoms. The number of ether oxygens (including phenoxy) is 1. The Balaban J connectivity index is 1.30. The molecule has 7 nitrogen and oxygen atoms in total. The Kier molecular flexibility index (Phi) is 7.12. The van der Waals surface area contributed by atoms with Crippen LogP contribution in [-0.2, 0) is 6.54 Å². The quantitative estimate of drug-likeness (QED) is 0.591. The zero-order chi connectivity index (χ0) is 21.5. The summed E-state index contributed by atoms with van der Waals surface area (Å²) < 4.78 is 5.27. The molecule has 2 fully saturated rings. The highest BCUT2D eigenvalue weighted by atomic mass is 16.5. The number of pyridine rings is 1. The number of nitrogens with zero attached hydrogens (tertiary/aromatic N) is 5. The molecule has 7 heteroatoms. The maximum absolute atomic E-state index is 5.27. The summed E-state index contributed by atoms with van der Waals surface area (Å²) in [5.74, 6) is 2.96. The lowest BCUT2D eigenvalue weighted by atomic mass is 10.1. The van der Waals surface area contributed by atoms with Gasteiger partial charge in [0.15, 0.2) is 5.96 Å². The Morgan fingerprint density at radius 2 is 1.71 bits per heavy atom. The van der Waals surface area contributed by atoms with Gasteiger partial charge in [-0.1, -0.05) is 0 Å². The number of aromatic nitrogens is 1. The van der Waals surface area contributed by atoms with Gasteiger partial charge in [0.25, 0.3) is 0 Å². The molecule has 0 saturated carbocycles. The molecule has 0 unspecified atom stereocenters. The van der Waals surface area contributed by atoms with Crippen molar-refractivity contribution < 1.29 is 4.74 Å². The summed E-state index contributed by atoms with van der Waals surface area (Å²) in [6, 6.07) is 12.6. The lowest BCUT2D eigenvalue weighted by molar-refractivity contribution is 0.372. The van der Waals surface area contributed by atoms with Crippen LogP contribution in [-0.4, -0.2) is 69.3 Å². The first kappa shape index (κ1) is 21.3. The summed E-state index contributed by atoms with van der Waals surface area (Å²) in [7, 11) is 3.57. The molecule has 1 N–H and O–H groups in total. The molecule has 2 saturated heterocycles. The summed E-state index contributed by atoms with van der Waals surface area (Å²) in [6.07, 6.45) is 5.79. The minimum Gasteiger partial charge on any atom is -0.497 e. The number of anilines is 2. The van der Waals surface area contributed by atoms with Gasteiger partial charge in [-0.15, -0.1) is 0 Å². The smallest absolute Gasteiger partial charge is 0.194 e. The predicted molar refractivity (Wildman–Crippen MR) is 127 cm³/mol. The fourth-order valence-corrected chi connectivity index (χ4v) is 4.35. The summed E-state index contributed by atoms with van der Waals surface area (Å²) in [5, 5.41) is 3.55. The largest absolute Gasteiger partial charge is 0.497 e. The molecule has 166 valence electrons. The molecule has 0 radical (unpaired) electrons. The number of benzene rings is 1. The van der Waals surface area contributed by atoms with E-state index in [-0.39, 0.29) is 0 Å². The maximum Gasteiger partial charge on any atom is 0.194 e. The maximum atomic E-state index is 5.27. The van der Waals surface area contributed by atoms with Crippen LogP contribution < -0.4 is 19.9 Å². The molecule has 2 aliphatic heterocycles. The summed E-state index contributed by atoms with van der Waals surface area (Å²) in [5.41, 5.74) is 2.49. The number of rotatable bonds is 5. The number of piperazine rings is 1. The lowest BCUT2D eigenvalue weighted by Crippen LogP contribution is -2.52.